The van der Waals surface area contributed by atoms with Gasteiger partial charge in [-0.1, -0.05) is 23.7 Å². The van der Waals surface area contributed by atoms with Gasteiger partial charge in [-0.05, 0) is 42.4 Å². The summed E-state index contributed by atoms with van der Waals surface area (Å²) in [5.41, 5.74) is 2.47. The highest BCUT2D eigenvalue weighted by Crippen LogP contribution is 2.48. The largest absolute Gasteiger partial charge is 0.350 e. The van der Waals surface area contributed by atoms with Crippen LogP contribution in [0.2, 0.25) is 5.02 Å². The molecule has 0 spiro atoms. The molecule has 3 atom stereocenters. The summed E-state index contributed by atoms with van der Waals surface area (Å²) in [6, 6.07) is 5.02. The lowest BCUT2D eigenvalue weighted by atomic mass is 9.91. The number of aromatic nitrogens is 3. The number of thiazole rings is 1. The maximum absolute atomic E-state index is 14.0. The summed E-state index contributed by atoms with van der Waals surface area (Å²) in [7, 11) is 0. The molecular weight excluding hydrogens is 569 g/mol. The minimum Gasteiger partial charge on any atom is -0.350 e. The fourth-order valence-corrected chi connectivity index (χ4v) is 6.91. The van der Waals surface area contributed by atoms with Crippen molar-refractivity contribution in [2.75, 3.05) is 13.1 Å². The van der Waals surface area contributed by atoms with Crippen LogP contribution in [-0.2, 0) is 0 Å². The van der Waals surface area contributed by atoms with Crippen LogP contribution in [0.25, 0.3) is 5.57 Å². The molecule has 2 aromatic heterocycles. The predicted molar refractivity (Wildman–Crippen MR) is 146 cm³/mol. The Bertz CT molecular complexity index is 1480. The van der Waals surface area contributed by atoms with Gasteiger partial charge in [-0.2, -0.15) is 13.9 Å². The molecule has 0 aliphatic carbocycles. The van der Waals surface area contributed by atoms with Gasteiger partial charge in [0.15, 0.2) is 5.01 Å². The van der Waals surface area contributed by atoms with E-state index in [-0.39, 0.29) is 22.1 Å². The lowest BCUT2D eigenvalue weighted by Crippen LogP contribution is -2.39. The topological polar surface area (TPSA) is 75.4 Å². The van der Waals surface area contributed by atoms with Crippen LogP contribution < -0.4 is 5.32 Å². The maximum atomic E-state index is 14.0. The van der Waals surface area contributed by atoms with Gasteiger partial charge < -0.3 is 10.2 Å². The van der Waals surface area contributed by atoms with Gasteiger partial charge in [0.1, 0.15) is 17.7 Å². The first-order valence-electron chi connectivity index (χ1n) is 12.2. The summed E-state index contributed by atoms with van der Waals surface area (Å²) in [4.78, 5) is 23.9. The average molecular weight is 591 g/mol. The van der Waals surface area contributed by atoms with Gasteiger partial charge in [0, 0.05) is 52.7 Å². The van der Waals surface area contributed by atoms with E-state index < -0.39 is 18.4 Å². The molecule has 0 saturated carbocycles. The lowest BCUT2D eigenvalue weighted by molar-refractivity contribution is 0.0564. The zero-order valence-corrected chi connectivity index (χ0v) is 22.7. The Morgan fingerprint density at radius 1 is 1.28 bits per heavy atom. The number of nitrogens with zero attached hydrogens (tertiary/aromatic N) is 5. The number of carbonyl (C=O) groups is 1. The second-order valence-corrected chi connectivity index (χ2v) is 11.8. The number of aliphatic imine (C=N–C) groups is 1. The third kappa shape index (κ3) is 5.12. The quantitative estimate of drug-likeness (QED) is 0.357. The van der Waals surface area contributed by atoms with E-state index in [1.54, 1.807) is 35.5 Å². The molecule has 7 nitrogen and oxygen atoms in total. The number of allylic oxidation sites excluding steroid dienone is 2. The molecule has 5 heterocycles. The Hall–Kier alpha value is -3.09. The lowest BCUT2D eigenvalue weighted by Gasteiger charge is -2.35. The number of amides is 1. The van der Waals surface area contributed by atoms with Gasteiger partial charge in [-0.3, -0.25) is 9.79 Å². The number of nitrogens with one attached hydrogen (secondary N) is 1. The van der Waals surface area contributed by atoms with Crippen LogP contribution in [0.1, 0.15) is 46.5 Å². The molecule has 1 aromatic carbocycles. The van der Waals surface area contributed by atoms with E-state index in [4.69, 9.17) is 16.6 Å². The second-order valence-electron chi connectivity index (χ2n) is 9.33. The molecule has 0 bridgehead atoms. The molecule has 202 valence electrons. The van der Waals surface area contributed by atoms with Gasteiger partial charge in [0.25, 0.3) is 5.91 Å². The van der Waals surface area contributed by atoms with Gasteiger partial charge in [0.05, 0.1) is 10.9 Å². The van der Waals surface area contributed by atoms with Gasteiger partial charge in [-0.15, -0.1) is 23.1 Å². The standard InChI is InChI=1S/C26H22ClF3N6OS2/c27-17-11-15(28)3-4-16(17)22-21(18-5-7-36(34-18)26(29)30)19-10-14(12-32-24(37)25-31-6-9-39-25)13-35(19)23(33-22)20-2-1-8-38-20/h1,3-9,11,14,20,22,26H,2,10,12-13H2,(H,32,37)/t14-,20?,22+/m1/s1. The molecular formula is C26H22ClF3N6OS2. The van der Waals surface area contributed by atoms with Crippen molar-refractivity contribution in [2.24, 2.45) is 10.9 Å². The first kappa shape index (κ1) is 26.1. The molecule has 1 saturated heterocycles. The van der Waals surface area contributed by atoms with E-state index in [1.165, 1.54) is 29.7 Å². The number of benzene rings is 1. The highest BCUT2D eigenvalue weighted by molar-refractivity contribution is 8.03. The van der Waals surface area contributed by atoms with Gasteiger partial charge >= 0.3 is 6.55 Å². The van der Waals surface area contributed by atoms with Crippen LogP contribution >= 0.6 is 34.7 Å². The number of amidine groups is 1. The Balaban J connectivity index is 1.41. The minimum atomic E-state index is -2.80. The van der Waals surface area contributed by atoms with Crippen molar-refractivity contribution in [3.8, 4) is 0 Å². The van der Waals surface area contributed by atoms with Crippen molar-refractivity contribution >= 4 is 52.0 Å². The molecule has 1 unspecified atom stereocenters. The molecule has 3 aliphatic heterocycles. The number of hydrogen-bond acceptors (Lipinski definition) is 7. The average Bonchev–Trinajstić information content (AvgIpc) is 3.73. The number of rotatable bonds is 7. The normalized spacial score (nSPS) is 22.5. The zero-order chi connectivity index (χ0) is 27.1. The first-order chi connectivity index (χ1) is 18.9. The van der Waals surface area contributed by atoms with Crippen molar-refractivity contribution in [1.82, 2.24) is 25.0 Å². The summed E-state index contributed by atoms with van der Waals surface area (Å²) in [6.45, 7) is -1.80. The molecule has 13 heteroatoms. The smallest absolute Gasteiger partial charge is 0.333 e. The van der Waals surface area contributed by atoms with Crippen molar-refractivity contribution < 1.29 is 18.0 Å². The number of alkyl halides is 2. The first-order valence-corrected chi connectivity index (χ1v) is 14.4. The minimum absolute atomic E-state index is 0.0306. The summed E-state index contributed by atoms with van der Waals surface area (Å²) >= 11 is 9.45. The Morgan fingerprint density at radius 3 is 2.85 bits per heavy atom. The second kappa shape index (κ2) is 10.8. The van der Waals surface area contributed by atoms with Crippen LogP contribution in [0.4, 0.5) is 13.2 Å². The van der Waals surface area contributed by atoms with E-state index >= 15 is 0 Å². The van der Waals surface area contributed by atoms with Gasteiger partial charge in [-0.25, -0.2) is 14.1 Å². The van der Waals surface area contributed by atoms with Gasteiger partial charge in [0.2, 0.25) is 0 Å². The SMILES string of the molecule is O=C(NC[C@H]1CC2=C(c3ccn(C(F)F)n3)[C@H](c3ccc(F)cc3Cl)N=C(C3CC=CS3)N2C1)c1nccs1. The Morgan fingerprint density at radius 2 is 2.15 bits per heavy atom. The van der Waals surface area contributed by atoms with Crippen molar-refractivity contribution in [3.63, 3.8) is 0 Å². The van der Waals surface area contributed by atoms with Crippen LogP contribution in [0, 0.1) is 11.7 Å². The fraction of sp³-hybridized carbons (Fsp3) is 0.308. The van der Waals surface area contributed by atoms with Crippen molar-refractivity contribution in [2.45, 2.75) is 30.7 Å². The van der Waals surface area contributed by atoms with Crippen LogP contribution in [-0.4, -0.2) is 49.7 Å². The molecule has 39 heavy (non-hydrogen) atoms. The monoisotopic (exact) mass is 590 g/mol. The molecule has 6 rings (SSSR count). The number of hydrogen-bond donors (Lipinski definition) is 1. The summed E-state index contributed by atoms with van der Waals surface area (Å²) < 4.78 is 41.6. The highest BCUT2D eigenvalue weighted by atomic mass is 35.5. The number of thioether (sulfide) groups is 1. The number of carbonyl (C=O) groups excluding carboxylic acids is 1. The third-order valence-corrected chi connectivity index (χ3v) is 9.05. The van der Waals surface area contributed by atoms with Crippen LogP contribution in [0.5, 0.6) is 0 Å². The summed E-state index contributed by atoms with van der Waals surface area (Å²) in [5.74, 6) is 0.161. The van der Waals surface area contributed by atoms with Crippen molar-refractivity contribution in [1.29, 1.82) is 0 Å². The fourth-order valence-electron chi connectivity index (χ4n) is 5.15. The van der Waals surface area contributed by atoms with E-state index in [0.29, 0.717) is 46.0 Å². The molecule has 1 fully saturated rings. The van der Waals surface area contributed by atoms with E-state index in [1.807, 2.05) is 5.41 Å². The molecule has 0 radical (unpaired) electrons. The molecule has 1 amide bonds. The molecule has 1 N–H and O–H groups in total. The van der Waals surface area contributed by atoms with Crippen molar-refractivity contribution in [3.05, 3.63) is 86.3 Å². The van der Waals surface area contributed by atoms with E-state index in [2.05, 4.69) is 26.4 Å². The molecule has 3 aliphatic rings. The summed E-state index contributed by atoms with van der Waals surface area (Å²) in [6.07, 6.45) is 6.26. The highest BCUT2D eigenvalue weighted by Gasteiger charge is 2.42. The Kier molecular flexibility index (Phi) is 7.25. The summed E-state index contributed by atoms with van der Waals surface area (Å²) in [5, 5.41) is 11.6. The van der Waals surface area contributed by atoms with E-state index in [0.717, 1.165) is 18.0 Å². The molecule has 3 aromatic rings. The Labute approximate surface area is 235 Å². The zero-order valence-electron chi connectivity index (χ0n) is 20.3. The number of fused-ring (bicyclic) bond motifs is 1. The van der Waals surface area contributed by atoms with Crippen LogP contribution in [0.15, 0.2) is 64.2 Å². The number of halogens is 4. The predicted octanol–water partition coefficient (Wildman–Crippen LogP) is 6.16. The maximum Gasteiger partial charge on any atom is 0.333 e. The van der Waals surface area contributed by atoms with Crippen LogP contribution in [0.3, 0.4) is 0 Å². The van der Waals surface area contributed by atoms with E-state index in [9.17, 15) is 18.0 Å². The third-order valence-electron chi connectivity index (χ3n) is 6.87.